The quantitative estimate of drug-likeness (QED) is 0.667. The summed E-state index contributed by atoms with van der Waals surface area (Å²) in [4.78, 5) is 16.1. The van der Waals surface area contributed by atoms with Gasteiger partial charge < -0.3 is 9.88 Å². The van der Waals surface area contributed by atoms with Crippen LogP contribution < -0.4 is 10.0 Å². The molecule has 0 aliphatic heterocycles. The highest BCUT2D eigenvalue weighted by atomic mass is 32.2. The number of sulfonamides is 1. The van der Waals surface area contributed by atoms with E-state index in [4.69, 9.17) is 0 Å². The van der Waals surface area contributed by atoms with Crippen molar-refractivity contribution in [1.29, 1.82) is 0 Å². The fraction of sp³-hybridized carbons (Fsp3) is 0.111. The summed E-state index contributed by atoms with van der Waals surface area (Å²) in [5, 5.41) is 2.74. The third kappa shape index (κ3) is 4.56. The van der Waals surface area contributed by atoms with Gasteiger partial charge in [-0.2, -0.15) is 0 Å². The maximum absolute atomic E-state index is 12.1. The minimum absolute atomic E-state index is 0.0240. The molecular formula is C18H18N4O3S. The Kier molecular flexibility index (Phi) is 5.45. The number of nitrogens with zero attached hydrogens (tertiary/aromatic N) is 2. The summed E-state index contributed by atoms with van der Waals surface area (Å²) in [6.45, 7) is 0.0240. The molecule has 2 N–H and O–H groups in total. The van der Waals surface area contributed by atoms with Gasteiger partial charge in [0.2, 0.25) is 15.9 Å². The normalized spacial score (nSPS) is 11.2. The van der Waals surface area contributed by atoms with Gasteiger partial charge in [-0.15, -0.1) is 0 Å². The van der Waals surface area contributed by atoms with Crippen LogP contribution in [0.25, 0.3) is 5.69 Å². The van der Waals surface area contributed by atoms with Crippen molar-refractivity contribution in [2.24, 2.45) is 0 Å². The molecule has 0 aliphatic carbocycles. The second kappa shape index (κ2) is 7.94. The molecule has 0 fully saturated rings. The second-order valence-corrected chi connectivity index (χ2v) is 7.29. The van der Waals surface area contributed by atoms with Gasteiger partial charge in [0, 0.05) is 36.7 Å². The van der Waals surface area contributed by atoms with Gasteiger partial charge in [-0.25, -0.2) is 18.1 Å². The van der Waals surface area contributed by atoms with Crippen molar-refractivity contribution in [2.45, 2.75) is 11.3 Å². The lowest BCUT2D eigenvalue weighted by Gasteiger charge is -2.08. The van der Waals surface area contributed by atoms with Crippen molar-refractivity contribution < 1.29 is 13.2 Å². The van der Waals surface area contributed by atoms with E-state index < -0.39 is 10.0 Å². The minimum atomic E-state index is -3.60. The van der Waals surface area contributed by atoms with Gasteiger partial charge in [0.05, 0.1) is 11.2 Å². The number of nitrogens with one attached hydrogen (secondary N) is 2. The molecule has 0 atom stereocenters. The van der Waals surface area contributed by atoms with Crippen LogP contribution >= 0.6 is 0 Å². The molecule has 0 saturated heterocycles. The highest BCUT2D eigenvalue weighted by Gasteiger charge is 2.13. The van der Waals surface area contributed by atoms with Crippen molar-refractivity contribution in [3.63, 3.8) is 0 Å². The standard InChI is InChI=1S/C18H18N4O3S/c23-18(10-11-20-26(24,25)17-4-2-1-3-5-17)21-15-6-8-16(9-7-15)22-13-12-19-14-22/h1-9,12-14,20H,10-11H2,(H,21,23). The van der Waals surface area contributed by atoms with Crippen LogP contribution in [0.2, 0.25) is 0 Å². The van der Waals surface area contributed by atoms with Crippen LogP contribution in [0.15, 0.2) is 78.2 Å². The molecule has 1 aromatic heterocycles. The number of aromatic nitrogens is 2. The summed E-state index contributed by atoms with van der Waals surface area (Å²) in [5.41, 5.74) is 1.57. The molecule has 0 spiro atoms. The molecule has 1 amide bonds. The van der Waals surface area contributed by atoms with Crippen LogP contribution in [0.5, 0.6) is 0 Å². The van der Waals surface area contributed by atoms with Gasteiger partial charge in [-0.1, -0.05) is 18.2 Å². The van der Waals surface area contributed by atoms with Crippen LogP contribution in [0, 0.1) is 0 Å². The molecule has 7 nitrogen and oxygen atoms in total. The zero-order valence-electron chi connectivity index (χ0n) is 13.9. The second-order valence-electron chi connectivity index (χ2n) is 5.53. The van der Waals surface area contributed by atoms with Crippen LogP contribution in [0.3, 0.4) is 0 Å². The number of carbonyl (C=O) groups excluding carboxylic acids is 1. The molecule has 0 aliphatic rings. The summed E-state index contributed by atoms with van der Waals surface area (Å²) in [6.07, 6.45) is 5.24. The first-order valence-corrected chi connectivity index (χ1v) is 9.46. The number of hydrogen-bond acceptors (Lipinski definition) is 4. The molecule has 0 bridgehead atoms. The Morgan fingerprint density at radius 1 is 1.04 bits per heavy atom. The van der Waals surface area contributed by atoms with Crippen molar-refractivity contribution in [1.82, 2.24) is 14.3 Å². The van der Waals surface area contributed by atoms with E-state index in [1.807, 2.05) is 22.9 Å². The lowest BCUT2D eigenvalue weighted by Crippen LogP contribution is -2.27. The summed E-state index contributed by atoms with van der Waals surface area (Å²) in [6, 6.07) is 15.3. The van der Waals surface area contributed by atoms with E-state index in [0.717, 1.165) is 5.69 Å². The van der Waals surface area contributed by atoms with E-state index in [1.165, 1.54) is 12.1 Å². The first-order valence-electron chi connectivity index (χ1n) is 7.97. The monoisotopic (exact) mass is 370 g/mol. The fourth-order valence-corrected chi connectivity index (χ4v) is 3.39. The largest absolute Gasteiger partial charge is 0.326 e. The molecule has 26 heavy (non-hydrogen) atoms. The molecule has 0 saturated carbocycles. The van der Waals surface area contributed by atoms with E-state index in [9.17, 15) is 13.2 Å². The third-order valence-corrected chi connectivity index (χ3v) is 5.13. The van der Waals surface area contributed by atoms with Gasteiger partial charge in [-0.05, 0) is 36.4 Å². The predicted octanol–water partition coefficient (Wildman–Crippen LogP) is 2.18. The minimum Gasteiger partial charge on any atom is -0.326 e. The first-order chi connectivity index (χ1) is 12.5. The van der Waals surface area contributed by atoms with Crippen LogP contribution in [-0.4, -0.2) is 30.4 Å². The Balaban J connectivity index is 1.50. The highest BCUT2D eigenvalue weighted by Crippen LogP contribution is 2.13. The van der Waals surface area contributed by atoms with Gasteiger partial charge >= 0.3 is 0 Å². The van der Waals surface area contributed by atoms with E-state index in [2.05, 4.69) is 15.0 Å². The molecule has 0 radical (unpaired) electrons. The fourth-order valence-electron chi connectivity index (χ4n) is 2.33. The molecule has 8 heteroatoms. The van der Waals surface area contributed by atoms with Crippen molar-refractivity contribution in [3.8, 4) is 5.69 Å². The van der Waals surface area contributed by atoms with E-state index in [-0.39, 0.29) is 23.8 Å². The zero-order chi connectivity index (χ0) is 18.4. The van der Waals surface area contributed by atoms with Crippen molar-refractivity contribution >= 4 is 21.6 Å². The van der Waals surface area contributed by atoms with Crippen molar-refractivity contribution in [2.75, 3.05) is 11.9 Å². The van der Waals surface area contributed by atoms with Crippen LogP contribution in [0.1, 0.15) is 6.42 Å². The first kappa shape index (κ1) is 17.8. The van der Waals surface area contributed by atoms with Crippen LogP contribution in [0.4, 0.5) is 5.69 Å². The van der Waals surface area contributed by atoms with Gasteiger partial charge in [0.25, 0.3) is 0 Å². The van der Waals surface area contributed by atoms with E-state index in [0.29, 0.717) is 5.69 Å². The Morgan fingerprint density at radius 2 is 1.77 bits per heavy atom. The topological polar surface area (TPSA) is 93.1 Å². The average molecular weight is 370 g/mol. The number of amides is 1. The Bertz CT molecular complexity index is 953. The SMILES string of the molecule is O=C(CCNS(=O)(=O)c1ccccc1)Nc1ccc(-n2ccnc2)cc1. The van der Waals surface area contributed by atoms with Gasteiger partial charge in [-0.3, -0.25) is 4.79 Å². The summed E-state index contributed by atoms with van der Waals surface area (Å²) in [7, 11) is -3.60. The van der Waals surface area contributed by atoms with Crippen molar-refractivity contribution in [3.05, 3.63) is 73.3 Å². The van der Waals surface area contributed by atoms with Crippen LogP contribution in [-0.2, 0) is 14.8 Å². The molecular weight excluding hydrogens is 352 g/mol. The molecule has 0 unspecified atom stereocenters. The Hall–Kier alpha value is -2.97. The Morgan fingerprint density at radius 3 is 2.42 bits per heavy atom. The summed E-state index contributed by atoms with van der Waals surface area (Å²) in [5.74, 6) is -0.267. The lowest BCUT2D eigenvalue weighted by atomic mass is 10.2. The smallest absolute Gasteiger partial charge is 0.240 e. The number of imidazole rings is 1. The van der Waals surface area contributed by atoms with Gasteiger partial charge in [0.1, 0.15) is 0 Å². The molecule has 3 rings (SSSR count). The number of benzene rings is 2. The molecule has 134 valence electrons. The Labute approximate surface area is 151 Å². The summed E-state index contributed by atoms with van der Waals surface area (Å²) < 4.78 is 28.4. The number of anilines is 1. The maximum Gasteiger partial charge on any atom is 0.240 e. The molecule has 3 aromatic rings. The molecule has 1 heterocycles. The zero-order valence-corrected chi connectivity index (χ0v) is 14.7. The van der Waals surface area contributed by atoms with E-state index >= 15 is 0 Å². The number of rotatable bonds is 7. The van der Waals surface area contributed by atoms with E-state index in [1.54, 1.807) is 42.9 Å². The third-order valence-electron chi connectivity index (χ3n) is 3.65. The average Bonchev–Trinajstić information content (AvgIpc) is 3.18. The molecule has 2 aromatic carbocycles. The summed E-state index contributed by atoms with van der Waals surface area (Å²) >= 11 is 0. The highest BCUT2D eigenvalue weighted by molar-refractivity contribution is 7.89. The van der Waals surface area contributed by atoms with Gasteiger partial charge in [0.15, 0.2) is 0 Å². The number of hydrogen-bond donors (Lipinski definition) is 2. The maximum atomic E-state index is 12.1. The number of carbonyl (C=O) groups is 1. The predicted molar refractivity (Wildman–Crippen MR) is 98.4 cm³/mol. The lowest BCUT2D eigenvalue weighted by molar-refractivity contribution is -0.116.